The van der Waals surface area contributed by atoms with Crippen LogP contribution in [0.3, 0.4) is 0 Å². The average molecular weight is 341 g/mol. The number of nitrogens with zero attached hydrogens (tertiary/aromatic N) is 6. The fraction of sp³-hybridized carbons (Fsp3) is 0.471. The number of hydrogen-bond donors (Lipinski definition) is 1. The quantitative estimate of drug-likeness (QED) is 0.796. The van der Waals surface area contributed by atoms with Gasteiger partial charge in [0.05, 0.1) is 0 Å². The van der Waals surface area contributed by atoms with Crippen LogP contribution in [0.2, 0.25) is 0 Å². The molecule has 2 aromatic rings. The first-order valence-corrected chi connectivity index (χ1v) is 8.67. The molecule has 25 heavy (non-hydrogen) atoms. The molecule has 0 unspecified atom stereocenters. The van der Waals surface area contributed by atoms with Crippen molar-refractivity contribution in [2.45, 2.75) is 19.8 Å². The Hall–Kier alpha value is -2.77. The molecule has 132 valence electrons. The van der Waals surface area contributed by atoms with E-state index in [2.05, 4.69) is 37.3 Å². The van der Waals surface area contributed by atoms with Gasteiger partial charge in [0.25, 0.3) is 5.91 Å². The lowest BCUT2D eigenvalue weighted by atomic mass is 10.2. The zero-order valence-electron chi connectivity index (χ0n) is 14.4. The summed E-state index contributed by atoms with van der Waals surface area (Å²) in [6, 6.07) is 5.34. The lowest BCUT2D eigenvalue weighted by Gasteiger charge is -2.34. The molecule has 0 saturated carbocycles. The highest BCUT2D eigenvalue weighted by atomic mass is 16.2. The van der Waals surface area contributed by atoms with E-state index in [0.717, 1.165) is 19.4 Å². The molecule has 8 heteroatoms. The normalized spacial score (nSPS) is 14.4. The number of anilines is 2. The van der Waals surface area contributed by atoms with Crippen LogP contribution >= 0.6 is 0 Å². The Morgan fingerprint density at radius 2 is 1.88 bits per heavy atom. The number of rotatable bonds is 6. The lowest BCUT2D eigenvalue weighted by Crippen LogP contribution is -2.49. The van der Waals surface area contributed by atoms with E-state index in [1.165, 1.54) is 0 Å². The summed E-state index contributed by atoms with van der Waals surface area (Å²) in [5.74, 6) is 1.33. The van der Waals surface area contributed by atoms with Crippen LogP contribution in [0.15, 0.2) is 30.6 Å². The Labute approximate surface area is 147 Å². The molecule has 1 aliphatic heterocycles. The Bertz CT molecular complexity index is 669. The molecular weight excluding hydrogens is 318 g/mol. The number of nitrogens with one attached hydrogen (secondary N) is 1. The fourth-order valence-corrected chi connectivity index (χ4v) is 2.66. The van der Waals surface area contributed by atoms with Gasteiger partial charge >= 0.3 is 0 Å². The van der Waals surface area contributed by atoms with Gasteiger partial charge < -0.3 is 15.1 Å². The predicted molar refractivity (Wildman–Crippen MR) is 95.6 cm³/mol. The van der Waals surface area contributed by atoms with E-state index in [4.69, 9.17) is 0 Å². The third-order valence-corrected chi connectivity index (χ3v) is 4.12. The summed E-state index contributed by atoms with van der Waals surface area (Å²) < 4.78 is 0. The second kappa shape index (κ2) is 8.36. The minimum absolute atomic E-state index is 0.0822. The molecule has 0 aromatic carbocycles. The van der Waals surface area contributed by atoms with Crippen LogP contribution in [0.4, 0.5) is 11.8 Å². The van der Waals surface area contributed by atoms with Gasteiger partial charge in [-0.1, -0.05) is 13.3 Å². The summed E-state index contributed by atoms with van der Waals surface area (Å²) in [6.45, 7) is 5.66. The zero-order valence-corrected chi connectivity index (χ0v) is 14.4. The van der Waals surface area contributed by atoms with Crippen molar-refractivity contribution in [1.29, 1.82) is 0 Å². The Balaban J connectivity index is 1.53. The first-order valence-electron chi connectivity index (χ1n) is 8.67. The predicted octanol–water partition coefficient (Wildman–Crippen LogP) is 1.44. The molecule has 3 rings (SSSR count). The topological polar surface area (TPSA) is 87.1 Å². The Kier molecular flexibility index (Phi) is 5.71. The number of carbonyl (C=O) groups excluding carboxylic acids is 1. The van der Waals surface area contributed by atoms with Crippen molar-refractivity contribution in [2.75, 3.05) is 42.9 Å². The largest absolute Gasteiger partial charge is 0.369 e. The van der Waals surface area contributed by atoms with Crippen molar-refractivity contribution in [3.05, 3.63) is 36.3 Å². The summed E-state index contributed by atoms with van der Waals surface area (Å²) in [4.78, 5) is 25.0. The second-order valence-corrected chi connectivity index (χ2v) is 5.91. The highest BCUT2D eigenvalue weighted by Gasteiger charge is 2.24. The van der Waals surface area contributed by atoms with Crippen LogP contribution in [-0.4, -0.2) is 63.7 Å². The van der Waals surface area contributed by atoms with Gasteiger partial charge in [0, 0.05) is 45.1 Å². The third kappa shape index (κ3) is 4.40. The van der Waals surface area contributed by atoms with Gasteiger partial charge in [0.1, 0.15) is 5.82 Å². The fourth-order valence-electron chi connectivity index (χ4n) is 2.66. The summed E-state index contributed by atoms with van der Waals surface area (Å²) in [5, 5.41) is 11.4. The SMILES string of the molecule is CCCCNc1ccc(C(=O)N2CCN(c3ncccn3)CC2)nn1. The van der Waals surface area contributed by atoms with Gasteiger partial charge in [-0.2, -0.15) is 0 Å². The van der Waals surface area contributed by atoms with E-state index < -0.39 is 0 Å². The minimum atomic E-state index is -0.0822. The van der Waals surface area contributed by atoms with Crippen LogP contribution in [-0.2, 0) is 0 Å². The monoisotopic (exact) mass is 341 g/mol. The van der Waals surface area contributed by atoms with Gasteiger partial charge in [0.15, 0.2) is 5.69 Å². The first kappa shape index (κ1) is 17.1. The van der Waals surface area contributed by atoms with E-state index >= 15 is 0 Å². The first-order chi connectivity index (χ1) is 12.3. The van der Waals surface area contributed by atoms with Crippen molar-refractivity contribution in [1.82, 2.24) is 25.1 Å². The maximum absolute atomic E-state index is 12.6. The molecule has 2 aromatic heterocycles. The third-order valence-electron chi connectivity index (χ3n) is 4.12. The number of carbonyl (C=O) groups is 1. The van der Waals surface area contributed by atoms with Gasteiger partial charge in [-0.05, 0) is 24.6 Å². The maximum Gasteiger partial charge on any atom is 0.274 e. The van der Waals surface area contributed by atoms with E-state index in [9.17, 15) is 4.79 Å². The van der Waals surface area contributed by atoms with Crippen molar-refractivity contribution < 1.29 is 4.79 Å². The van der Waals surface area contributed by atoms with Crippen LogP contribution in [0.25, 0.3) is 0 Å². The summed E-state index contributed by atoms with van der Waals surface area (Å²) in [5.41, 5.74) is 0.380. The molecular formula is C17H23N7O. The number of amides is 1. The van der Waals surface area contributed by atoms with Crippen LogP contribution < -0.4 is 10.2 Å². The summed E-state index contributed by atoms with van der Waals surface area (Å²) in [7, 11) is 0. The Morgan fingerprint density at radius 3 is 2.52 bits per heavy atom. The number of piperazine rings is 1. The van der Waals surface area contributed by atoms with Gasteiger partial charge in [-0.25, -0.2) is 9.97 Å². The second-order valence-electron chi connectivity index (χ2n) is 5.91. The average Bonchev–Trinajstić information content (AvgIpc) is 2.69. The molecule has 0 radical (unpaired) electrons. The molecule has 3 heterocycles. The molecule has 0 atom stereocenters. The van der Waals surface area contributed by atoms with Crippen LogP contribution in [0.1, 0.15) is 30.3 Å². The standard InChI is InChI=1S/C17H23N7O/c1-2-3-7-18-15-6-5-14(21-22-15)16(25)23-10-12-24(13-11-23)17-19-8-4-9-20-17/h4-6,8-9H,2-3,7,10-13H2,1H3,(H,18,22). The van der Waals surface area contributed by atoms with E-state index in [1.807, 2.05) is 6.07 Å². The molecule has 1 saturated heterocycles. The summed E-state index contributed by atoms with van der Waals surface area (Å²) in [6.07, 6.45) is 5.66. The number of hydrogen-bond acceptors (Lipinski definition) is 7. The van der Waals surface area contributed by atoms with Gasteiger partial charge in [0.2, 0.25) is 5.95 Å². The molecule has 0 aliphatic carbocycles. The molecule has 1 fully saturated rings. The smallest absolute Gasteiger partial charge is 0.274 e. The highest BCUT2D eigenvalue weighted by Crippen LogP contribution is 2.12. The Morgan fingerprint density at radius 1 is 1.12 bits per heavy atom. The maximum atomic E-state index is 12.6. The van der Waals surface area contributed by atoms with Crippen molar-refractivity contribution in [3.63, 3.8) is 0 Å². The molecule has 1 amide bonds. The summed E-state index contributed by atoms with van der Waals surface area (Å²) >= 11 is 0. The number of aromatic nitrogens is 4. The van der Waals surface area contributed by atoms with E-state index in [-0.39, 0.29) is 5.91 Å². The lowest BCUT2D eigenvalue weighted by molar-refractivity contribution is 0.0739. The van der Waals surface area contributed by atoms with Gasteiger partial charge in [-0.15, -0.1) is 10.2 Å². The number of unbranched alkanes of at least 4 members (excludes halogenated alkanes) is 1. The molecule has 1 aliphatic rings. The highest BCUT2D eigenvalue weighted by molar-refractivity contribution is 5.92. The van der Waals surface area contributed by atoms with Crippen molar-refractivity contribution in [2.24, 2.45) is 0 Å². The van der Waals surface area contributed by atoms with Crippen molar-refractivity contribution in [3.8, 4) is 0 Å². The molecule has 8 nitrogen and oxygen atoms in total. The minimum Gasteiger partial charge on any atom is -0.369 e. The molecule has 0 spiro atoms. The van der Waals surface area contributed by atoms with E-state index in [0.29, 0.717) is 43.6 Å². The molecule has 1 N–H and O–H groups in total. The van der Waals surface area contributed by atoms with Crippen LogP contribution in [0.5, 0.6) is 0 Å². The van der Waals surface area contributed by atoms with E-state index in [1.54, 1.807) is 29.4 Å². The van der Waals surface area contributed by atoms with Crippen molar-refractivity contribution >= 4 is 17.7 Å². The molecule has 0 bridgehead atoms. The zero-order chi connectivity index (χ0) is 17.5. The van der Waals surface area contributed by atoms with Gasteiger partial charge in [-0.3, -0.25) is 4.79 Å². The van der Waals surface area contributed by atoms with Crippen LogP contribution in [0, 0.1) is 0 Å².